The van der Waals surface area contributed by atoms with Crippen LogP contribution in [-0.2, 0) is 0 Å². The summed E-state index contributed by atoms with van der Waals surface area (Å²) in [5.74, 6) is -5.98. The number of alkyl halides is 12. The van der Waals surface area contributed by atoms with E-state index >= 15 is 0 Å². The summed E-state index contributed by atoms with van der Waals surface area (Å²) in [4.78, 5) is 0. The van der Waals surface area contributed by atoms with Gasteiger partial charge in [-0.2, -0.15) is 52.7 Å². The molecule has 2 bridgehead atoms. The predicted octanol–water partition coefficient (Wildman–Crippen LogP) is 5.41. The van der Waals surface area contributed by atoms with Crippen LogP contribution in [0.15, 0.2) is 12.2 Å². The van der Waals surface area contributed by atoms with E-state index in [4.69, 9.17) is 0 Å². The molecule has 0 saturated heterocycles. The number of halogens is 12. The zero-order valence-corrected chi connectivity index (χ0v) is 10.6. The highest BCUT2D eigenvalue weighted by atomic mass is 19.4. The van der Waals surface area contributed by atoms with Crippen LogP contribution in [0.4, 0.5) is 52.7 Å². The molecule has 23 heavy (non-hydrogen) atoms. The van der Waals surface area contributed by atoms with Gasteiger partial charge in [-0.1, -0.05) is 12.2 Å². The summed E-state index contributed by atoms with van der Waals surface area (Å²) in [6, 6.07) is 0. The first kappa shape index (κ1) is 18.2. The third-order valence-electron chi connectivity index (χ3n) is 4.61. The lowest BCUT2D eigenvalue weighted by molar-refractivity contribution is -0.474. The van der Waals surface area contributed by atoms with E-state index in [0.717, 1.165) is 0 Å². The Bertz CT molecular complexity index is 439. The first-order valence-electron chi connectivity index (χ1n) is 5.91. The lowest BCUT2D eigenvalue weighted by Gasteiger charge is -2.53. The normalized spacial score (nSPS) is 30.1. The maximum Gasteiger partial charge on any atom is 0.405 e. The molecule has 12 heteroatoms. The number of fused-ring (bicyclic) bond motifs is 2. The molecule has 2 aliphatic rings. The van der Waals surface area contributed by atoms with Gasteiger partial charge in [0.1, 0.15) is 0 Å². The SMILES string of the molecule is FC(F)(F)C1(C(F)(F)F)C2C=CC(C2)C1(C(F)(F)F)C(F)(F)F. The molecule has 0 heterocycles. The Kier molecular flexibility index (Phi) is 3.41. The molecule has 2 aliphatic carbocycles. The molecule has 2 atom stereocenters. The molecule has 0 spiro atoms. The molecule has 0 amide bonds. The molecule has 134 valence electrons. The summed E-state index contributed by atoms with van der Waals surface area (Å²) in [5.41, 5.74) is -11.9. The van der Waals surface area contributed by atoms with Gasteiger partial charge in [-0.05, 0) is 6.42 Å². The average Bonchev–Trinajstić information content (AvgIpc) is 2.79. The molecular formula is C11H6F12. The number of allylic oxidation sites excluding steroid dienone is 2. The topological polar surface area (TPSA) is 0 Å². The third-order valence-corrected chi connectivity index (χ3v) is 4.61. The molecule has 0 aromatic carbocycles. The Morgan fingerprint density at radius 2 is 0.739 bits per heavy atom. The number of rotatable bonds is 0. The Balaban J connectivity index is 3.01. The van der Waals surface area contributed by atoms with Gasteiger partial charge in [0.2, 0.25) is 0 Å². The average molecular weight is 366 g/mol. The van der Waals surface area contributed by atoms with E-state index in [-0.39, 0.29) is 12.2 Å². The van der Waals surface area contributed by atoms with Gasteiger partial charge < -0.3 is 0 Å². The fraction of sp³-hybridized carbons (Fsp3) is 0.818. The van der Waals surface area contributed by atoms with Gasteiger partial charge in [0.15, 0.2) is 10.8 Å². The van der Waals surface area contributed by atoms with Crippen molar-refractivity contribution < 1.29 is 52.7 Å². The molecule has 2 rings (SSSR count). The lowest BCUT2D eigenvalue weighted by atomic mass is 9.55. The van der Waals surface area contributed by atoms with Crippen molar-refractivity contribution in [3.63, 3.8) is 0 Å². The highest BCUT2D eigenvalue weighted by molar-refractivity contribution is 5.32. The van der Waals surface area contributed by atoms with Crippen LogP contribution >= 0.6 is 0 Å². The van der Waals surface area contributed by atoms with E-state index in [1.54, 1.807) is 0 Å². The second kappa shape index (κ2) is 4.29. The largest absolute Gasteiger partial charge is 0.405 e. The lowest BCUT2D eigenvalue weighted by Crippen LogP contribution is -2.72. The van der Waals surface area contributed by atoms with Crippen LogP contribution in [0.25, 0.3) is 0 Å². The molecule has 1 fully saturated rings. The van der Waals surface area contributed by atoms with Crippen LogP contribution in [0, 0.1) is 22.7 Å². The minimum absolute atomic E-state index is 0.140. The molecule has 0 radical (unpaired) electrons. The van der Waals surface area contributed by atoms with Gasteiger partial charge in [0.05, 0.1) is 0 Å². The predicted molar refractivity (Wildman–Crippen MR) is 49.8 cm³/mol. The van der Waals surface area contributed by atoms with Crippen molar-refractivity contribution in [2.24, 2.45) is 22.7 Å². The van der Waals surface area contributed by atoms with E-state index in [9.17, 15) is 52.7 Å². The monoisotopic (exact) mass is 366 g/mol. The Morgan fingerprint density at radius 3 is 0.913 bits per heavy atom. The smallest absolute Gasteiger partial charge is 0.170 e. The van der Waals surface area contributed by atoms with Gasteiger partial charge >= 0.3 is 24.7 Å². The van der Waals surface area contributed by atoms with E-state index in [2.05, 4.69) is 0 Å². The molecule has 2 unspecified atom stereocenters. The maximum atomic E-state index is 13.2. The molecule has 1 saturated carbocycles. The first-order valence-corrected chi connectivity index (χ1v) is 5.91. The Hall–Kier alpha value is -1.10. The van der Waals surface area contributed by atoms with Gasteiger partial charge in [-0.25, -0.2) is 0 Å². The summed E-state index contributed by atoms with van der Waals surface area (Å²) < 4.78 is 158. The minimum Gasteiger partial charge on any atom is -0.170 e. The summed E-state index contributed by atoms with van der Waals surface area (Å²) in [7, 11) is 0. The van der Waals surface area contributed by atoms with Gasteiger partial charge in [-0.15, -0.1) is 0 Å². The van der Waals surface area contributed by atoms with Gasteiger partial charge in [0.25, 0.3) is 0 Å². The third kappa shape index (κ3) is 1.77. The van der Waals surface area contributed by atoms with Crippen LogP contribution in [0.2, 0.25) is 0 Å². The summed E-state index contributed by atoms with van der Waals surface area (Å²) in [5, 5.41) is 0. The van der Waals surface area contributed by atoms with Crippen LogP contribution in [0.1, 0.15) is 6.42 Å². The maximum absolute atomic E-state index is 13.2. The fourth-order valence-corrected chi connectivity index (χ4v) is 3.98. The summed E-state index contributed by atoms with van der Waals surface area (Å²) in [6.45, 7) is 0. The van der Waals surface area contributed by atoms with Gasteiger partial charge in [-0.3, -0.25) is 0 Å². The quantitative estimate of drug-likeness (QED) is 0.397. The van der Waals surface area contributed by atoms with Gasteiger partial charge in [0, 0.05) is 11.8 Å². The van der Waals surface area contributed by atoms with Crippen molar-refractivity contribution in [2.45, 2.75) is 31.1 Å². The fourth-order valence-electron chi connectivity index (χ4n) is 3.98. The number of hydrogen-bond acceptors (Lipinski definition) is 0. The van der Waals surface area contributed by atoms with E-state index < -0.39 is 53.8 Å². The van der Waals surface area contributed by atoms with Crippen molar-refractivity contribution in [1.29, 1.82) is 0 Å². The Labute approximate surface area is 120 Å². The van der Waals surface area contributed by atoms with E-state index in [0.29, 0.717) is 0 Å². The van der Waals surface area contributed by atoms with Crippen molar-refractivity contribution >= 4 is 0 Å². The molecule has 0 aromatic heterocycles. The van der Waals surface area contributed by atoms with Crippen molar-refractivity contribution in [3.05, 3.63) is 12.2 Å². The van der Waals surface area contributed by atoms with Crippen molar-refractivity contribution in [3.8, 4) is 0 Å². The highest BCUT2D eigenvalue weighted by Gasteiger charge is 2.98. The summed E-state index contributed by atoms with van der Waals surface area (Å²) in [6.07, 6.45) is -28.5. The van der Waals surface area contributed by atoms with Crippen LogP contribution < -0.4 is 0 Å². The molecule has 0 N–H and O–H groups in total. The second-order valence-electron chi connectivity index (χ2n) is 5.44. The van der Waals surface area contributed by atoms with Crippen molar-refractivity contribution in [2.75, 3.05) is 0 Å². The zero-order valence-electron chi connectivity index (χ0n) is 10.6. The standard InChI is InChI=1S/C11H6F12/c12-8(13,14)6(9(15,16)17)4-1-2-5(3-4)7(6,10(18,19)20)11(21,22)23/h1-2,4-5H,3H2. The number of hydrogen-bond donors (Lipinski definition) is 0. The second-order valence-corrected chi connectivity index (χ2v) is 5.44. The highest BCUT2D eigenvalue weighted by Crippen LogP contribution is 2.81. The van der Waals surface area contributed by atoms with Crippen LogP contribution in [0.5, 0.6) is 0 Å². The van der Waals surface area contributed by atoms with Crippen LogP contribution in [-0.4, -0.2) is 24.7 Å². The van der Waals surface area contributed by atoms with E-state index in [1.807, 2.05) is 0 Å². The summed E-state index contributed by atoms with van der Waals surface area (Å²) >= 11 is 0. The van der Waals surface area contributed by atoms with Crippen LogP contribution in [0.3, 0.4) is 0 Å². The molecule has 0 nitrogen and oxygen atoms in total. The molecule has 0 aliphatic heterocycles. The zero-order chi connectivity index (χ0) is 18.3. The molecular weight excluding hydrogens is 360 g/mol. The minimum atomic E-state index is -6.81. The Morgan fingerprint density at radius 1 is 0.522 bits per heavy atom. The van der Waals surface area contributed by atoms with Crippen molar-refractivity contribution in [1.82, 2.24) is 0 Å². The molecule has 0 aromatic rings. The van der Waals surface area contributed by atoms with E-state index in [1.165, 1.54) is 0 Å². The first-order chi connectivity index (χ1) is 9.96.